The molecule has 4 nitrogen and oxygen atoms in total. The van der Waals surface area contributed by atoms with Crippen molar-refractivity contribution in [2.24, 2.45) is 10.4 Å². The minimum absolute atomic E-state index is 0.0665. The Balaban J connectivity index is 1.90. The summed E-state index contributed by atoms with van der Waals surface area (Å²) in [4.78, 5) is 4.32. The van der Waals surface area contributed by atoms with Crippen molar-refractivity contribution in [2.75, 3.05) is 14.2 Å². The fourth-order valence-electron chi connectivity index (χ4n) is 2.86. The van der Waals surface area contributed by atoms with Crippen molar-refractivity contribution in [3.05, 3.63) is 35.9 Å². The molecule has 116 valence electrons. The quantitative estimate of drug-likeness (QED) is 0.661. The highest BCUT2D eigenvalue weighted by atomic mass is 16.5. The van der Waals surface area contributed by atoms with E-state index in [2.05, 4.69) is 48.5 Å². The van der Waals surface area contributed by atoms with Crippen molar-refractivity contribution < 1.29 is 4.74 Å². The Hall–Kier alpha value is -1.55. The van der Waals surface area contributed by atoms with Crippen molar-refractivity contribution in [3.8, 4) is 0 Å². The van der Waals surface area contributed by atoms with E-state index in [4.69, 9.17) is 4.74 Å². The molecule has 1 aromatic carbocycles. The van der Waals surface area contributed by atoms with E-state index in [9.17, 15) is 0 Å². The van der Waals surface area contributed by atoms with Crippen molar-refractivity contribution in [1.29, 1.82) is 0 Å². The second-order valence-electron chi connectivity index (χ2n) is 6.47. The van der Waals surface area contributed by atoms with Crippen LogP contribution in [-0.2, 0) is 11.3 Å². The summed E-state index contributed by atoms with van der Waals surface area (Å²) < 4.78 is 5.66. The molecule has 0 saturated heterocycles. The average Bonchev–Trinajstić information content (AvgIpc) is 2.50. The molecule has 1 saturated carbocycles. The van der Waals surface area contributed by atoms with Gasteiger partial charge in [0.15, 0.2) is 5.96 Å². The molecule has 0 aliphatic heterocycles. The van der Waals surface area contributed by atoms with Crippen LogP contribution in [-0.4, -0.2) is 31.8 Å². The van der Waals surface area contributed by atoms with Crippen LogP contribution < -0.4 is 10.6 Å². The van der Waals surface area contributed by atoms with Gasteiger partial charge in [-0.15, -0.1) is 0 Å². The molecule has 0 spiro atoms. The summed E-state index contributed by atoms with van der Waals surface area (Å²) in [6.07, 6.45) is 0.989. The van der Waals surface area contributed by atoms with E-state index in [-0.39, 0.29) is 11.0 Å². The smallest absolute Gasteiger partial charge is 0.191 e. The van der Waals surface area contributed by atoms with E-state index in [1.54, 1.807) is 7.11 Å². The summed E-state index contributed by atoms with van der Waals surface area (Å²) in [5, 5.41) is 6.88. The molecule has 0 amide bonds. The zero-order chi connectivity index (χ0) is 15.5. The number of aliphatic imine (C=N–C) groups is 1. The topological polar surface area (TPSA) is 45.7 Å². The van der Waals surface area contributed by atoms with Gasteiger partial charge < -0.3 is 15.4 Å². The highest BCUT2D eigenvalue weighted by molar-refractivity contribution is 5.80. The number of nitrogens with one attached hydrogen (secondary N) is 2. The molecule has 21 heavy (non-hydrogen) atoms. The van der Waals surface area contributed by atoms with Gasteiger partial charge >= 0.3 is 0 Å². The molecule has 0 bridgehead atoms. The molecular weight excluding hydrogens is 262 g/mol. The Morgan fingerprint density at radius 1 is 1.29 bits per heavy atom. The second kappa shape index (κ2) is 6.06. The van der Waals surface area contributed by atoms with Gasteiger partial charge in [-0.05, 0) is 18.9 Å². The summed E-state index contributed by atoms with van der Waals surface area (Å²) in [6, 6.07) is 10.7. The number of benzene rings is 1. The van der Waals surface area contributed by atoms with Crippen LogP contribution in [0.5, 0.6) is 0 Å². The maximum atomic E-state index is 5.66. The first-order chi connectivity index (χ1) is 9.93. The Kier molecular flexibility index (Phi) is 4.57. The third-order valence-electron chi connectivity index (χ3n) is 5.12. The van der Waals surface area contributed by atoms with Crippen LogP contribution in [0.4, 0.5) is 0 Å². The summed E-state index contributed by atoms with van der Waals surface area (Å²) in [7, 11) is 3.60. The maximum Gasteiger partial charge on any atom is 0.191 e. The lowest BCUT2D eigenvalue weighted by Gasteiger charge is -2.59. The largest absolute Gasteiger partial charge is 0.378 e. The molecule has 0 heterocycles. The fourth-order valence-corrected chi connectivity index (χ4v) is 2.86. The number of nitrogens with zero attached hydrogens (tertiary/aromatic N) is 1. The van der Waals surface area contributed by atoms with E-state index in [0.717, 1.165) is 18.9 Å². The number of hydrogen-bond acceptors (Lipinski definition) is 2. The lowest BCUT2D eigenvalue weighted by atomic mass is 9.56. The Morgan fingerprint density at radius 3 is 2.48 bits per heavy atom. The number of guanidine groups is 1. The summed E-state index contributed by atoms with van der Waals surface area (Å²) in [5.74, 6) is 0.843. The predicted molar refractivity (Wildman–Crippen MR) is 87.4 cm³/mol. The third kappa shape index (κ3) is 3.05. The molecular formula is C17H27N3O. The fraction of sp³-hybridized carbons (Fsp3) is 0.588. The van der Waals surface area contributed by atoms with Crippen LogP contribution in [0.2, 0.25) is 0 Å². The predicted octanol–water partition coefficient (Wildman–Crippen LogP) is 2.56. The number of methoxy groups -OCH3 is 1. The molecule has 0 aromatic heterocycles. The summed E-state index contributed by atoms with van der Waals surface area (Å²) in [6.45, 7) is 7.42. The van der Waals surface area contributed by atoms with E-state index in [1.807, 2.05) is 25.2 Å². The zero-order valence-corrected chi connectivity index (χ0v) is 13.7. The minimum atomic E-state index is -0.0665. The van der Waals surface area contributed by atoms with Gasteiger partial charge in [-0.3, -0.25) is 4.99 Å². The van der Waals surface area contributed by atoms with Crippen molar-refractivity contribution in [3.63, 3.8) is 0 Å². The lowest BCUT2D eigenvalue weighted by molar-refractivity contribution is -0.176. The van der Waals surface area contributed by atoms with Gasteiger partial charge in [0.1, 0.15) is 0 Å². The first-order valence-corrected chi connectivity index (χ1v) is 7.49. The van der Waals surface area contributed by atoms with Gasteiger partial charge in [-0.2, -0.15) is 0 Å². The molecule has 1 aliphatic rings. The Labute approximate surface area is 128 Å². The number of rotatable bonds is 4. The van der Waals surface area contributed by atoms with Gasteiger partial charge in [-0.25, -0.2) is 0 Å². The van der Waals surface area contributed by atoms with Gasteiger partial charge in [0.25, 0.3) is 0 Å². The van der Waals surface area contributed by atoms with Crippen LogP contribution in [0.15, 0.2) is 35.3 Å². The van der Waals surface area contributed by atoms with E-state index >= 15 is 0 Å². The molecule has 1 aliphatic carbocycles. The third-order valence-corrected chi connectivity index (χ3v) is 5.12. The van der Waals surface area contributed by atoms with Gasteiger partial charge in [0.05, 0.1) is 5.60 Å². The van der Waals surface area contributed by atoms with E-state index in [1.165, 1.54) is 5.56 Å². The average molecular weight is 289 g/mol. The van der Waals surface area contributed by atoms with Crippen molar-refractivity contribution in [1.82, 2.24) is 10.6 Å². The number of ether oxygens (including phenoxy) is 1. The lowest BCUT2D eigenvalue weighted by Crippen LogP contribution is -2.69. The molecule has 2 rings (SSSR count). The monoisotopic (exact) mass is 289 g/mol. The van der Waals surface area contributed by atoms with Crippen LogP contribution in [0.1, 0.15) is 32.8 Å². The maximum absolute atomic E-state index is 5.66. The minimum Gasteiger partial charge on any atom is -0.378 e. The Bertz CT molecular complexity index is 498. The first-order valence-electron chi connectivity index (χ1n) is 7.49. The standard InChI is InChI=1S/C17H27N3O/c1-16(2)14(11-17(16,3)21-5)20-15(18-4)19-12-13-9-7-6-8-10-13/h6-10,14H,11-12H2,1-5H3,(H2,18,19,20). The van der Waals surface area contributed by atoms with E-state index in [0.29, 0.717) is 6.04 Å². The van der Waals surface area contributed by atoms with Crippen LogP contribution in [0.25, 0.3) is 0 Å². The van der Waals surface area contributed by atoms with Crippen LogP contribution in [0, 0.1) is 5.41 Å². The van der Waals surface area contributed by atoms with Gasteiger partial charge in [-0.1, -0.05) is 44.2 Å². The number of hydrogen-bond donors (Lipinski definition) is 2. The van der Waals surface area contributed by atoms with Crippen molar-refractivity contribution in [2.45, 2.75) is 45.4 Å². The zero-order valence-electron chi connectivity index (χ0n) is 13.7. The summed E-state index contributed by atoms with van der Waals surface area (Å²) >= 11 is 0. The highest BCUT2D eigenvalue weighted by Crippen LogP contribution is 2.51. The van der Waals surface area contributed by atoms with E-state index < -0.39 is 0 Å². The highest BCUT2D eigenvalue weighted by Gasteiger charge is 2.57. The van der Waals surface area contributed by atoms with Gasteiger partial charge in [0, 0.05) is 32.2 Å². The van der Waals surface area contributed by atoms with Crippen LogP contribution in [0.3, 0.4) is 0 Å². The summed E-state index contributed by atoms with van der Waals surface area (Å²) in [5.41, 5.74) is 1.25. The molecule has 0 radical (unpaired) electrons. The van der Waals surface area contributed by atoms with Crippen molar-refractivity contribution >= 4 is 5.96 Å². The molecule has 2 N–H and O–H groups in total. The second-order valence-corrected chi connectivity index (χ2v) is 6.47. The molecule has 1 aromatic rings. The molecule has 2 unspecified atom stereocenters. The molecule has 2 atom stereocenters. The molecule has 4 heteroatoms. The SMILES string of the molecule is CN=C(NCc1ccccc1)NC1CC(C)(OC)C1(C)C. The Morgan fingerprint density at radius 2 is 1.95 bits per heavy atom. The molecule has 1 fully saturated rings. The first kappa shape index (κ1) is 15.8. The normalized spacial score (nSPS) is 27.9. The van der Waals surface area contributed by atoms with Gasteiger partial charge in [0.2, 0.25) is 0 Å². The van der Waals surface area contributed by atoms with Crippen LogP contribution >= 0.6 is 0 Å².